The molecule has 4 aromatic rings. The van der Waals surface area contributed by atoms with Crippen LogP contribution in [0, 0.1) is 17.3 Å². The van der Waals surface area contributed by atoms with Crippen molar-refractivity contribution in [2.75, 3.05) is 40.5 Å². The van der Waals surface area contributed by atoms with Crippen molar-refractivity contribution in [3.8, 4) is 33.6 Å². The molecule has 364 valence electrons. The predicted molar refractivity (Wildman–Crippen MR) is 241 cm³/mol. The molecule has 5 heterocycles. The van der Waals surface area contributed by atoms with Gasteiger partial charge in [0.25, 0.3) is 11.8 Å². The number of carbonyl (C=O) groups excluding carboxylic acids is 4. The third kappa shape index (κ3) is 8.37. The molecule has 5 atom stereocenters. The van der Waals surface area contributed by atoms with E-state index in [2.05, 4.69) is 41.4 Å². The molecule has 5 aliphatic rings. The molecule has 1 saturated carbocycles. The Morgan fingerprint density at radius 3 is 1.94 bits per heavy atom. The molecule has 19 heteroatoms. The molecule has 0 radical (unpaired) electrons. The molecule has 3 aliphatic heterocycles. The van der Waals surface area contributed by atoms with E-state index in [9.17, 15) is 28.0 Å². The fourth-order valence-electron chi connectivity index (χ4n) is 11.4. The van der Waals surface area contributed by atoms with E-state index < -0.39 is 97.3 Å². The minimum atomic E-state index is -3.17. The van der Waals surface area contributed by atoms with Crippen molar-refractivity contribution in [2.24, 2.45) is 17.3 Å². The third-order valence-electron chi connectivity index (χ3n) is 15.2. The summed E-state index contributed by atoms with van der Waals surface area (Å²) in [4.78, 5) is 70.1. The topological polar surface area (TPSA) is 184 Å². The van der Waals surface area contributed by atoms with Crippen LogP contribution in [0.5, 0.6) is 0 Å². The van der Waals surface area contributed by atoms with Crippen molar-refractivity contribution >= 4 is 24.0 Å². The normalized spacial score (nSPS) is 24.9. The Bertz CT molecular complexity index is 2590. The smallest absolute Gasteiger partial charge is 0.407 e. The number of methoxy groups -OCH3 is 2. The van der Waals surface area contributed by atoms with Crippen molar-refractivity contribution < 1.29 is 51.0 Å². The molecule has 4 N–H and O–H groups in total. The summed E-state index contributed by atoms with van der Waals surface area (Å²) in [7, 11) is 2.40. The Kier molecular flexibility index (Phi) is 12.1. The molecule has 1 spiro atoms. The van der Waals surface area contributed by atoms with Crippen LogP contribution < -0.4 is 10.6 Å². The second-order valence-electron chi connectivity index (χ2n) is 19.8. The number of H-pyrrole nitrogens is 2. The molecule has 4 amide bonds. The third-order valence-corrected chi connectivity index (χ3v) is 15.2. The highest BCUT2D eigenvalue weighted by atomic mass is 19.3. The minimum Gasteiger partial charge on any atom is -0.453 e. The van der Waals surface area contributed by atoms with Gasteiger partial charge < -0.3 is 44.6 Å². The molecule has 2 aromatic heterocycles. The number of rotatable bonds is 11. The van der Waals surface area contributed by atoms with Crippen LogP contribution in [-0.4, -0.2) is 118 Å². The first kappa shape index (κ1) is 47.1. The van der Waals surface area contributed by atoms with Gasteiger partial charge in [0.05, 0.1) is 68.6 Å². The number of aromatic nitrogens is 4. The van der Waals surface area contributed by atoms with Crippen molar-refractivity contribution in [1.82, 2.24) is 40.4 Å². The Balaban J connectivity index is 0.994. The zero-order valence-electron chi connectivity index (χ0n) is 39.0. The highest BCUT2D eigenvalue weighted by Gasteiger charge is 2.66. The lowest BCUT2D eigenvalue weighted by atomic mass is 9.72. The second-order valence-corrected chi connectivity index (χ2v) is 19.8. The summed E-state index contributed by atoms with van der Waals surface area (Å²) < 4.78 is 75.9. The van der Waals surface area contributed by atoms with Crippen LogP contribution in [0.3, 0.4) is 0 Å². The SMILES string of the molecule is COC(=O)NC1CC1(C(=O)N1CC(F)(F)C[C@H]1c1ncc(-c2ccc(-c3ccc(-c4cnc([C@@H]5CC(F)(F)CN5C(=O)[C@@H](NC(=O)OC)C(C)C)[nH]4)cc3)c3c2CCC32CCOCC2)[nH]1)C(C)C. The van der Waals surface area contributed by atoms with Crippen LogP contribution >= 0.6 is 0 Å². The van der Waals surface area contributed by atoms with Gasteiger partial charge in [-0.1, -0.05) is 64.1 Å². The van der Waals surface area contributed by atoms with E-state index in [1.54, 1.807) is 26.2 Å². The lowest BCUT2D eigenvalue weighted by Gasteiger charge is -2.36. The van der Waals surface area contributed by atoms with Crippen LogP contribution in [0.2, 0.25) is 0 Å². The number of halogens is 4. The maximum absolute atomic E-state index is 15.3. The average Bonchev–Trinajstić information content (AvgIpc) is 3.92. The fourth-order valence-corrected chi connectivity index (χ4v) is 11.4. The average molecular weight is 947 g/mol. The number of hydrogen-bond acceptors (Lipinski definition) is 9. The van der Waals surface area contributed by atoms with Gasteiger partial charge in [0.1, 0.15) is 17.7 Å². The first-order chi connectivity index (χ1) is 32.3. The number of amides is 4. The van der Waals surface area contributed by atoms with Gasteiger partial charge in [-0.05, 0) is 71.8 Å². The molecule has 3 saturated heterocycles. The van der Waals surface area contributed by atoms with Crippen LogP contribution in [0.15, 0.2) is 48.8 Å². The fraction of sp³-hybridized carbons (Fsp3) is 0.551. The van der Waals surface area contributed by atoms with Gasteiger partial charge in [-0.2, -0.15) is 0 Å². The highest BCUT2D eigenvalue weighted by Crippen LogP contribution is 2.57. The lowest BCUT2D eigenvalue weighted by Crippen LogP contribution is -2.51. The standard InChI is InChI=1S/C49H58F4N8O7/c1-26(2)39(59-45(65)67-6)42(62)60-24-47(50,51)19-35(60)40-54-22-33(56-40)29-9-7-28(8-10-29)30-11-12-31(32-13-14-46(38(30)32)15-17-68-18-16-46)34-23-55-41(57-34)36-20-48(52,53)25-61(36)43(63)49(27(3)4)21-37(49)58-44(64)66-5/h7-12,22-23,26-27,35-37,39H,13-21,24-25H2,1-6H3,(H,54,56)(H,55,57)(H,58,64)(H,59,65)/t35-,36-,37?,39-,49?/m0/s1. The minimum absolute atomic E-state index is 0.159. The largest absolute Gasteiger partial charge is 0.453 e. The molecule has 2 aliphatic carbocycles. The van der Waals surface area contributed by atoms with Gasteiger partial charge in [-0.3, -0.25) is 9.59 Å². The second kappa shape index (κ2) is 17.5. The van der Waals surface area contributed by atoms with Gasteiger partial charge in [0, 0.05) is 43.1 Å². The van der Waals surface area contributed by atoms with Gasteiger partial charge in [0.2, 0.25) is 11.8 Å². The number of imidazole rings is 2. The summed E-state index contributed by atoms with van der Waals surface area (Å²) in [6.45, 7) is 6.78. The summed E-state index contributed by atoms with van der Waals surface area (Å²) in [6, 6.07) is 8.32. The maximum Gasteiger partial charge on any atom is 0.407 e. The molecule has 15 nitrogen and oxygen atoms in total. The van der Waals surface area contributed by atoms with Gasteiger partial charge >= 0.3 is 12.2 Å². The molecular weight excluding hydrogens is 889 g/mol. The Morgan fingerprint density at radius 2 is 1.32 bits per heavy atom. The number of likely N-dealkylation sites (tertiary alicyclic amines) is 2. The first-order valence-corrected chi connectivity index (χ1v) is 23.3. The molecular formula is C49H58F4N8O7. The lowest BCUT2D eigenvalue weighted by molar-refractivity contribution is -0.141. The number of nitrogens with one attached hydrogen (secondary N) is 4. The number of carbonyl (C=O) groups is 4. The quantitative estimate of drug-likeness (QED) is 0.108. The number of aromatic amines is 2. The van der Waals surface area contributed by atoms with Gasteiger partial charge in [-0.15, -0.1) is 0 Å². The maximum atomic E-state index is 15.3. The molecule has 68 heavy (non-hydrogen) atoms. The van der Waals surface area contributed by atoms with E-state index in [4.69, 9.17) is 9.47 Å². The van der Waals surface area contributed by atoms with E-state index in [1.807, 2.05) is 44.2 Å². The number of hydrogen-bond donors (Lipinski definition) is 4. The predicted octanol–water partition coefficient (Wildman–Crippen LogP) is 8.10. The number of benzene rings is 2. The van der Waals surface area contributed by atoms with Crippen molar-refractivity contribution in [1.29, 1.82) is 0 Å². The van der Waals surface area contributed by atoms with E-state index in [-0.39, 0.29) is 23.0 Å². The summed E-state index contributed by atoms with van der Waals surface area (Å²) in [6.07, 6.45) is 4.14. The monoisotopic (exact) mass is 946 g/mol. The molecule has 4 fully saturated rings. The molecule has 2 aromatic carbocycles. The van der Waals surface area contributed by atoms with E-state index in [1.165, 1.54) is 24.7 Å². The van der Waals surface area contributed by atoms with E-state index >= 15 is 8.78 Å². The number of alkyl carbamates (subject to hydrolysis) is 2. The number of fused-ring (bicyclic) bond motifs is 2. The molecule has 0 bridgehead atoms. The Hall–Kier alpha value is -5.98. The van der Waals surface area contributed by atoms with Crippen LogP contribution in [0.4, 0.5) is 27.2 Å². The number of ether oxygens (including phenoxy) is 3. The Morgan fingerprint density at radius 1 is 0.750 bits per heavy atom. The van der Waals surface area contributed by atoms with Crippen molar-refractivity contribution in [2.45, 2.75) is 114 Å². The van der Waals surface area contributed by atoms with Crippen LogP contribution in [0.25, 0.3) is 33.6 Å². The van der Waals surface area contributed by atoms with E-state index in [0.717, 1.165) is 58.4 Å². The van der Waals surface area contributed by atoms with Crippen LogP contribution in [0.1, 0.15) is 101 Å². The molecule has 2 unspecified atom stereocenters. The number of nitrogens with zero attached hydrogens (tertiary/aromatic N) is 4. The summed E-state index contributed by atoms with van der Waals surface area (Å²) in [5.41, 5.74) is 6.05. The Labute approximate surface area is 391 Å². The van der Waals surface area contributed by atoms with Gasteiger partial charge in [-0.25, -0.2) is 37.1 Å². The highest BCUT2D eigenvalue weighted by molar-refractivity contribution is 5.89. The zero-order valence-corrected chi connectivity index (χ0v) is 39.0. The van der Waals surface area contributed by atoms with Crippen molar-refractivity contribution in [3.63, 3.8) is 0 Å². The summed E-state index contributed by atoms with van der Waals surface area (Å²) >= 11 is 0. The van der Waals surface area contributed by atoms with Gasteiger partial charge in [0.15, 0.2) is 0 Å². The number of alkyl halides is 4. The first-order valence-electron chi connectivity index (χ1n) is 23.3. The van der Waals surface area contributed by atoms with Crippen LogP contribution in [-0.2, 0) is 35.6 Å². The molecule has 9 rings (SSSR count). The summed E-state index contributed by atoms with van der Waals surface area (Å²) in [5.74, 6) is -7.56. The van der Waals surface area contributed by atoms with Crippen molar-refractivity contribution in [3.05, 3.63) is 71.6 Å². The van der Waals surface area contributed by atoms with E-state index in [0.29, 0.717) is 31.0 Å². The summed E-state index contributed by atoms with van der Waals surface area (Å²) in [5, 5.41) is 5.20. The zero-order chi connectivity index (χ0) is 48.5.